The number of anilines is 1. The minimum absolute atomic E-state index is 0.0655. The van der Waals surface area contributed by atoms with E-state index in [-0.39, 0.29) is 5.56 Å². The van der Waals surface area contributed by atoms with Crippen molar-refractivity contribution in [3.05, 3.63) is 44.3 Å². The van der Waals surface area contributed by atoms with E-state index in [2.05, 4.69) is 35.9 Å². The molecule has 0 atom stereocenters. The summed E-state index contributed by atoms with van der Waals surface area (Å²) in [5.74, 6) is 1.30. The van der Waals surface area contributed by atoms with Crippen molar-refractivity contribution in [3.8, 4) is 0 Å². The van der Waals surface area contributed by atoms with Gasteiger partial charge in [0.05, 0.1) is 22.3 Å². The molecular weight excluding hydrogens is 310 g/mol. The van der Waals surface area contributed by atoms with Gasteiger partial charge in [0.25, 0.3) is 5.56 Å². The first-order valence-corrected chi connectivity index (χ1v) is 6.74. The highest BCUT2D eigenvalue weighted by atomic mass is 79.9. The molecule has 3 heterocycles. The van der Waals surface area contributed by atoms with Crippen molar-refractivity contribution < 1.29 is 0 Å². The fraction of sp³-hybridized carbons (Fsp3) is 0.333. The second kappa shape index (κ2) is 4.73. The lowest BCUT2D eigenvalue weighted by Gasteiger charge is -2.27. The van der Waals surface area contributed by atoms with Gasteiger partial charge >= 0.3 is 0 Å². The number of aryl methyl sites for hydroxylation is 1. The van der Waals surface area contributed by atoms with Crippen LogP contribution in [0.1, 0.15) is 17.1 Å². The predicted octanol–water partition coefficient (Wildman–Crippen LogP) is 1.19. The molecule has 0 saturated heterocycles. The zero-order valence-electron chi connectivity index (χ0n) is 10.4. The number of hydrogen-bond donors (Lipinski definition) is 1. The van der Waals surface area contributed by atoms with Crippen molar-refractivity contribution in [2.75, 3.05) is 11.4 Å². The molecule has 0 aromatic carbocycles. The van der Waals surface area contributed by atoms with Crippen molar-refractivity contribution in [2.24, 2.45) is 0 Å². The molecule has 0 saturated carbocycles. The van der Waals surface area contributed by atoms with Crippen LogP contribution in [0.2, 0.25) is 0 Å². The molecule has 3 rings (SSSR count). The molecule has 0 bridgehead atoms. The van der Waals surface area contributed by atoms with E-state index in [1.165, 1.54) is 0 Å². The summed E-state index contributed by atoms with van der Waals surface area (Å²) >= 11 is 3.31. The summed E-state index contributed by atoms with van der Waals surface area (Å²) in [5.41, 5.74) is 1.53. The normalized spacial score (nSPS) is 14.3. The van der Waals surface area contributed by atoms with Crippen LogP contribution in [0.3, 0.4) is 0 Å². The molecule has 98 valence electrons. The van der Waals surface area contributed by atoms with Crippen LogP contribution in [-0.4, -0.2) is 26.5 Å². The van der Waals surface area contributed by atoms with Crippen LogP contribution in [0.4, 0.5) is 5.95 Å². The Morgan fingerprint density at radius 2 is 2.11 bits per heavy atom. The maximum atomic E-state index is 11.9. The van der Waals surface area contributed by atoms with Crippen LogP contribution < -0.4 is 10.5 Å². The van der Waals surface area contributed by atoms with E-state index in [9.17, 15) is 4.79 Å². The van der Waals surface area contributed by atoms with E-state index in [0.29, 0.717) is 23.9 Å². The highest BCUT2D eigenvalue weighted by molar-refractivity contribution is 9.10. The predicted molar refractivity (Wildman–Crippen MR) is 74.1 cm³/mol. The van der Waals surface area contributed by atoms with E-state index in [4.69, 9.17) is 0 Å². The summed E-state index contributed by atoms with van der Waals surface area (Å²) < 4.78 is 0.837. The number of hydrogen-bond acceptors (Lipinski definition) is 5. The Morgan fingerprint density at radius 3 is 2.84 bits per heavy atom. The second-order valence-electron chi connectivity index (χ2n) is 4.45. The third-order valence-electron chi connectivity index (χ3n) is 3.08. The maximum Gasteiger partial charge on any atom is 0.256 e. The van der Waals surface area contributed by atoms with Gasteiger partial charge in [-0.1, -0.05) is 0 Å². The number of rotatable bonds is 1. The van der Waals surface area contributed by atoms with Crippen LogP contribution in [-0.2, 0) is 13.0 Å². The largest absolute Gasteiger partial charge is 0.336 e. The number of fused-ring (bicyclic) bond motifs is 1. The summed E-state index contributed by atoms with van der Waals surface area (Å²) in [4.78, 5) is 29.6. The van der Waals surface area contributed by atoms with Crippen LogP contribution in [0.5, 0.6) is 0 Å². The number of nitrogens with one attached hydrogen (secondary N) is 1. The molecule has 0 spiro atoms. The number of H-pyrrole nitrogens is 1. The molecule has 0 fully saturated rings. The Hall–Kier alpha value is -1.76. The molecule has 1 aliphatic heterocycles. The lowest BCUT2D eigenvalue weighted by Crippen LogP contribution is -2.36. The van der Waals surface area contributed by atoms with Gasteiger partial charge in [-0.15, -0.1) is 0 Å². The van der Waals surface area contributed by atoms with Crippen molar-refractivity contribution in [3.63, 3.8) is 0 Å². The van der Waals surface area contributed by atoms with Crippen LogP contribution in [0.25, 0.3) is 0 Å². The Labute approximate surface area is 118 Å². The Kier molecular flexibility index (Phi) is 3.06. The molecule has 0 unspecified atom stereocenters. The van der Waals surface area contributed by atoms with E-state index < -0.39 is 0 Å². The zero-order chi connectivity index (χ0) is 13.4. The van der Waals surface area contributed by atoms with Crippen molar-refractivity contribution in [1.29, 1.82) is 0 Å². The fourth-order valence-electron chi connectivity index (χ4n) is 2.19. The van der Waals surface area contributed by atoms with Crippen molar-refractivity contribution >= 4 is 21.9 Å². The van der Waals surface area contributed by atoms with E-state index in [1.54, 1.807) is 19.3 Å². The highest BCUT2D eigenvalue weighted by Gasteiger charge is 2.22. The summed E-state index contributed by atoms with van der Waals surface area (Å²) in [6, 6.07) is 0. The number of aromatic amines is 1. The number of nitrogens with zero attached hydrogens (tertiary/aromatic N) is 4. The van der Waals surface area contributed by atoms with Crippen molar-refractivity contribution in [1.82, 2.24) is 19.9 Å². The van der Waals surface area contributed by atoms with Crippen LogP contribution >= 0.6 is 15.9 Å². The molecule has 0 amide bonds. The van der Waals surface area contributed by atoms with Gasteiger partial charge in [-0.25, -0.2) is 15.0 Å². The van der Waals surface area contributed by atoms with Crippen LogP contribution in [0.15, 0.2) is 21.7 Å². The van der Waals surface area contributed by atoms with Gasteiger partial charge < -0.3 is 9.88 Å². The van der Waals surface area contributed by atoms with Gasteiger partial charge in [0, 0.05) is 25.4 Å². The quantitative estimate of drug-likeness (QED) is 0.854. The van der Waals surface area contributed by atoms with Gasteiger partial charge in [-0.05, 0) is 22.9 Å². The summed E-state index contributed by atoms with van der Waals surface area (Å²) in [7, 11) is 0. The second-order valence-corrected chi connectivity index (χ2v) is 5.37. The van der Waals surface area contributed by atoms with Crippen molar-refractivity contribution in [2.45, 2.75) is 19.9 Å². The molecule has 6 nitrogen and oxygen atoms in total. The number of aromatic nitrogens is 4. The van der Waals surface area contributed by atoms with Gasteiger partial charge in [0.2, 0.25) is 5.95 Å². The lowest BCUT2D eigenvalue weighted by molar-refractivity contribution is 0.673. The first-order chi connectivity index (χ1) is 9.13. The monoisotopic (exact) mass is 321 g/mol. The molecule has 1 N–H and O–H groups in total. The first kappa shape index (κ1) is 12.3. The molecule has 2 aromatic rings. The molecule has 0 radical (unpaired) electrons. The smallest absolute Gasteiger partial charge is 0.256 e. The number of halogens is 1. The molecular formula is C12H12BrN5O. The van der Waals surface area contributed by atoms with E-state index in [1.807, 2.05) is 4.90 Å². The summed E-state index contributed by atoms with van der Waals surface area (Å²) in [6.45, 7) is 3.07. The Balaban J connectivity index is 1.94. The minimum atomic E-state index is -0.0655. The average molecular weight is 322 g/mol. The topological polar surface area (TPSA) is 74.8 Å². The van der Waals surface area contributed by atoms with Gasteiger partial charge in [-0.2, -0.15) is 0 Å². The fourth-order valence-corrected chi connectivity index (χ4v) is 2.39. The maximum absolute atomic E-state index is 11.9. The summed E-state index contributed by atoms with van der Waals surface area (Å²) in [5, 5.41) is 0. The highest BCUT2D eigenvalue weighted by Crippen LogP contribution is 2.18. The van der Waals surface area contributed by atoms with Gasteiger partial charge in [0.15, 0.2) is 0 Å². The van der Waals surface area contributed by atoms with E-state index in [0.717, 1.165) is 23.1 Å². The SMILES string of the molecule is Cc1nc2c(c(=O)[nH]1)CN(c1ncc(Br)cn1)CC2. The third kappa shape index (κ3) is 2.37. The Morgan fingerprint density at radius 1 is 1.37 bits per heavy atom. The van der Waals surface area contributed by atoms with Crippen LogP contribution in [0, 0.1) is 6.92 Å². The van der Waals surface area contributed by atoms with Gasteiger partial charge in [-0.3, -0.25) is 4.79 Å². The molecule has 19 heavy (non-hydrogen) atoms. The molecule has 1 aliphatic rings. The molecule has 2 aromatic heterocycles. The Bertz CT molecular complexity index is 667. The average Bonchev–Trinajstić information content (AvgIpc) is 2.39. The lowest BCUT2D eigenvalue weighted by atomic mass is 10.1. The molecule has 0 aliphatic carbocycles. The van der Waals surface area contributed by atoms with E-state index >= 15 is 0 Å². The minimum Gasteiger partial charge on any atom is -0.336 e. The molecule has 7 heteroatoms. The summed E-state index contributed by atoms with van der Waals surface area (Å²) in [6.07, 6.45) is 4.14. The standard InChI is InChI=1S/C12H12BrN5O/c1-7-16-10-2-3-18(6-9(10)11(19)17-7)12-14-4-8(13)5-15-12/h4-5H,2-3,6H2,1H3,(H,16,17,19). The zero-order valence-corrected chi connectivity index (χ0v) is 11.9. The van der Waals surface area contributed by atoms with Gasteiger partial charge in [0.1, 0.15) is 5.82 Å². The first-order valence-electron chi connectivity index (χ1n) is 5.94. The third-order valence-corrected chi connectivity index (χ3v) is 3.49.